The lowest BCUT2D eigenvalue weighted by molar-refractivity contribution is 0.181. The Morgan fingerprint density at radius 1 is 1.14 bits per heavy atom. The molecule has 1 saturated heterocycles. The molecule has 0 radical (unpaired) electrons. The summed E-state index contributed by atoms with van der Waals surface area (Å²) < 4.78 is 6.76. The molecule has 1 amide bonds. The molecule has 0 spiro atoms. The van der Waals surface area contributed by atoms with Gasteiger partial charge in [0.05, 0.1) is 6.54 Å². The minimum atomic E-state index is -0.359. The first-order valence-corrected chi connectivity index (χ1v) is 7.40. The third kappa shape index (κ3) is 2.26. The topological polar surface area (TPSA) is 51.5 Å². The molecule has 1 aromatic carbocycles. The van der Waals surface area contributed by atoms with E-state index in [1.54, 1.807) is 15.5 Å². The standard InChI is InChI=1S/C17H20N2O3/c1-11-9-12-5-6-13(18-7-8-22-16(18)21)10-14(12)15(20)19(11)17(2,3)4/h5-6,9-10H,7-8H2,1-4H3. The fraction of sp³-hybridized carbons (Fsp3) is 0.412. The first-order chi connectivity index (χ1) is 10.3. The van der Waals surface area contributed by atoms with Gasteiger partial charge < -0.3 is 9.30 Å². The Kier molecular flexibility index (Phi) is 3.24. The minimum absolute atomic E-state index is 0.0306. The maximum atomic E-state index is 12.9. The molecule has 0 saturated carbocycles. The summed E-state index contributed by atoms with van der Waals surface area (Å²) in [5.41, 5.74) is 1.31. The van der Waals surface area contributed by atoms with Crippen molar-refractivity contribution in [2.75, 3.05) is 18.1 Å². The lowest BCUT2D eigenvalue weighted by Gasteiger charge is -2.26. The van der Waals surface area contributed by atoms with E-state index in [2.05, 4.69) is 0 Å². The van der Waals surface area contributed by atoms with Crippen molar-refractivity contribution in [3.8, 4) is 0 Å². The van der Waals surface area contributed by atoms with Crippen LogP contribution in [0.4, 0.5) is 10.5 Å². The predicted molar refractivity (Wildman–Crippen MR) is 86.6 cm³/mol. The van der Waals surface area contributed by atoms with Crippen LogP contribution in [0.1, 0.15) is 26.5 Å². The van der Waals surface area contributed by atoms with E-state index in [-0.39, 0.29) is 17.2 Å². The molecular weight excluding hydrogens is 280 g/mol. The van der Waals surface area contributed by atoms with E-state index >= 15 is 0 Å². The number of aryl methyl sites for hydroxylation is 1. The van der Waals surface area contributed by atoms with Crippen LogP contribution in [0.15, 0.2) is 29.1 Å². The van der Waals surface area contributed by atoms with E-state index in [0.29, 0.717) is 24.2 Å². The predicted octanol–water partition coefficient (Wildman–Crippen LogP) is 3.02. The van der Waals surface area contributed by atoms with Crippen LogP contribution in [0.3, 0.4) is 0 Å². The third-order valence-corrected chi connectivity index (χ3v) is 3.93. The Morgan fingerprint density at radius 2 is 1.86 bits per heavy atom. The molecule has 22 heavy (non-hydrogen) atoms. The van der Waals surface area contributed by atoms with E-state index < -0.39 is 0 Å². The van der Waals surface area contributed by atoms with Crippen molar-refractivity contribution in [1.82, 2.24) is 4.57 Å². The molecule has 1 aromatic heterocycles. The van der Waals surface area contributed by atoms with Gasteiger partial charge in [0.2, 0.25) is 0 Å². The number of carbonyl (C=O) groups excluding carboxylic acids is 1. The molecule has 0 atom stereocenters. The number of hydrogen-bond donors (Lipinski definition) is 0. The molecule has 3 rings (SSSR count). The highest BCUT2D eigenvalue weighted by atomic mass is 16.6. The van der Waals surface area contributed by atoms with Gasteiger partial charge in [-0.2, -0.15) is 0 Å². The molecule has 116 valence electrons. The van der Waals surface area contributed by atoms with Crippen LogP contribution in [0, 0.1) is 6.92 Å². The van der Waals surface area contributed by atoms with Crippen LogP contribution in [-0.2, 0) is 10.3 Å². The summed E-state index contributed by atoms with van der Waals surface area (Å²) in [6.45, 7) is 8.87. The number of cyclic esters (lactones) is 1. The van der Waals surface area contributed by atoms with Crippen molar-refractivity contribution in [3.05, 3.63) is 40.3 Å². The zero-order valence-corrected chi connectivity index (χ0v) is 13.3. The van der Waals surface area contributed by atoms with Crippen molar-refractivity contribution in [1.29, 1.82) is 0 Å². The highest BCUT2D eigenvalue weighted by Gasteiger charge is 2.24. The second-order valence-electron chi connectivity index (χ2n) is 6.63. The Labute approximate surface area is 129 Å². The molecule has 1 aliphatic rings. The number of amides is 1. The van der Waals surface area contributed by atoms with Gasteiger partial charge in [-0.25, -0.2) is 4.79 Å². The van der Waals surface area contributed by atoms with E-state index in [1.807, 2.05) is 45.9 Å². The summed E-state index contributed by atoms with van der Waals surface area (Å²) in [7, 11) is 0. The molecule has 2 heterocycles. The second-order valence-corrected chi connectivity index (χ2v) is 6.63. The van der Waals surface area contributed by atoms with Crippen LogP contribution < -0.4 is 10.5 Å². The Bertz CT molecular complexity index is 815. The summed E-state index contributed by atoms with van der Waals surface area (Å²) in [6.07, 6.45) is -0.359. The molecule has 0 N–H and O–H groups in total. The number of rotatable bonds is 1. The average Bonchev–Trinajstić information content (AvgIpc) is 2.83. The molecule has 5 nitrogen and oxygen atoms in total. The number of pyridine rings is 1. The van der Waals surface area contributed by atoms with Gasteiger partial charge in [-0.3, -0.25) is 9.69 Å². The average molecular weight is 300 g/mol. The molecular formula is C17H20N2O3. The van der Waals surface area contributed by atoms with Gasteiger partial charge in [-0.05, 0) is 51.3 Å². The number of aromatic nitrogens is 1. The van der Waals surface area contributed by atoms with Gasteiger partial charge in [-0.15, -0.1) is 0 Å². The fourth-order valence-corrected chi connectivity index (χ4v) is 3.06. The molecule has 1 fully saturated rings. The number of hydrogen-bond acceptors (Lipinski definition) is 3. The Hall–Kier alpha value is -2.30. The summed E-state index contributed by atoms with van der Waals surface area (Å²) in [5, 5.41) is 1.51. The first kappa shape index (κ1) is 14.6. The fourth-order valence-electron chi connectivity index (χ4n) is 3.06. The maximum absolute atomic E-state index is 12.9. The van der Waals surface area contributed by atoms with Crippen LogP contribution in [-0.4, -0.2) is 23.8 Å². The van der Waals surface area contributed by atoms with Crippen LogP contribution >= 0.6 is 0 Å². The lowest BCUT2D eigenvalue weighted by Crippen LogP contribution is -2.35. The van der Waals surface area contributed by atoms with Crippen LogP contribution in [0.5, 0.6) is 0 Å². The van der Waals surface area contributed by atoms with E-state index in [9.17, 15) is 9.59 Å². The van der Waals surface area contributed by atoms with Crippen molar-refractivity contribution in [2.45, 2.75) is 33.2 Å². The number of fused-ring (bicyclic) bond motifs is 1. The third-order valence-electron chi connectivity index (χ3n) is 3.93. The Balaban J connectivity index is 2.23. The zero-order chi connectivity index (χ0) is 16.1. The summed E-state index contributed by atoms with van der Waals surface area (Å²) in [6, 6.07) is 7.53. The zero-order valence-electron chi connectivity index (χ0n) is 13.3. The monoisotopic (exact) mass is 300 g/mol. The van der Waals surface area contributed by atoms with Crippen molar-refractivity contribution in [2.24, 2.45) is 0 Å². The maximum Gasteiger partial charge on any atom is 0.414 e. The number of ether oxygens (including phenoxy) is 1. The van der Waals surface area contributed by atoms with Crippen LogP contribution in [0.2, 0.25) is 0 Å². The van der Waals surface area contributed by atoms with E-state index in [4.69, 9.17) is 4.74 Å². The number of nitrogens with zero attached hydrogens (tertiary/aromatic N) is 2. The van der Waals surface area contributed by atoms with E-state index in [0.717, 1.165) is 11.1 Å². The molecule has 2 aromatic rings. The van der Waals surface area contributed by atoms with E-state index in [1.165, 1.54) is 0 Å². The number of carbonyl (C=O) groups is 1. The summed E-state index contributed by atoms with van der Waals surface area (Å²) in [5.74, 6) is 0. The summed E-state index contributed by atoms with van der Waals surface area (Å²) in [4.78, 5) is 26.1. The van der Waals surface area contributed by atoms with Gasteiger partial charge in [0.1, 0.15) is 6.61 Å². The van der Waals surface area contributed by atoms with Gasteiger partial charge in [0.15, 0.2) is 0 Å². The second kappa shape index (κ2) is 4.87. The largest absolute Gasteiger partial charge is 0.447 e. The highest BCUT2D eigenvalue weighted by Crippen LogP contribution is 2.25. The summed E-state index contributed by atoms with van der Waals surface area (Å²) >= 11 is 0. The van der Waals surface area contributed by atoms with Gasteiger partial charge in [0, 0.05) is 22.3 Å². The highest BCUT2D eigenvalue weighted by molar-refractivity contribution is 5.93. The molecule has 5 heteroatoms. The number of anilines is 1. The van der Waals surface area contributed by atoms with Crippen molar-refractivity contribution < 1.29 is 9.53 Å². The van der Waals surface area contributed by atoms with Gasteiger partial charge in [-0.1, -0.05) is 6.07 Å². The lowest BCUT2D eigenvalue weighted by atomic mass is 10.0. The number of benzene rings is 1. The molecule has 0 unspecified atom stereocenters. The smallest absolute Gasteiger partial charge is 0.414 e. The van der Waals surface area contributed by atoms with Crippen molar-refractivity contribution in [3.63, 3.8) is 0 Å². The molecule has 1 aliphatic heterocycles. The first-order valence-electron chi connectivity index (χ1n) is 7.40. The quantitative estimate of drug-likeness (QED) is 0.813. The van der Waals surface area contributed by atoms with Gasteiger partial charge in [0.25, 0.3) is 5.56 Å². The van der Waals surface area contributed by atoms with Gasteiger partial charge >= 0.3 is 6.09 Å². The normalized spacial score (nSPS) is 15.5. The SMILES string of the molecule is Cc1cc2ccc(N3CCOC3=O)cc2c(=O)n1C(C)(C)C. The Morgan fingerprint density at radius 3 is 2.45 bits per heavy atom. The minimum Gasteiger partial charge on any atom is -0.447 e. The van der Waals surface area contributed by atoms with Crippen LogP contribution in [0.25, 0.3) is 10.8 Å². The molecule has 0 aliphatic carbocycles. The van der Waals surface area contributed by atoms with Crippen molar-refractivity contribution >= 4 is 22.6 Å². The molecule has 0 bridgehead atoms.